The second kappa shape index (κ2) is 10.2. The van der Waals surface area contributed by atoms with Crippen molar-refractivity contribution < 1.29 is 32.6 Å². The van der Waals surface area contributed by atoms with Gasteiger partial charge in [0, 0.05) is 35.4 Å². The quantitative estimate of drug-likeness (QED) is 0.364. The number of carbonyl (C=O) groups excluding carboxylic acids is 1. The van der Waals surface area contributed by atoms with Crippen molar-refractivity contribution in [2.24, 2.45) is 0 Å². The van der Waals surface area contributed by atoms with Crippen LogP contribution < -0.4 is 15.4 Å². The lowest BCUT2D eigenvalue weighted by molar-refractivity contribution is -0.192. The van der Waals surface area contributed by atoms with Gasteiger partial charge in [0.2, 0.25) is 0 Å². The van der Waals surface area contributed by atoms with Crippen LogP contribution in [0.2, 0.25) is 10.0 Å². The number of alkyl halides is 3. The Bertz CT molecular complexity index is 1360. The van der Waals surface area contributed by atoms with Gasteiger partial charge in [-0.1, -0.05) is 35.3 Å². The van der Waals surface area contributed by atoms with Gasteiger partial charge in [-0.25, -0.2) is 4.79 Å². The summed E-state index contributed by atoms with van der Waals surface area (Å²) in [5, 5.41) is 21.6. The molecule has 0 bridgehead atoms. The highest BCUT2D eigenvalue weighted by Gasteiger charge is 2.38. The molecule has 0 fully saturated rings. The molecule has 13 heteroatoms. The van der Waals surface area contributed by atoms with Crippen molar-refractivity contribution in [1.29, 1.82) is 0 Å². The third-order valence-electron chi connectivity index (χ3n) is 5.32. The number of H-pyrrole nitrogens is 1. The van der Waals surface area contributed by atoms with E-state index in [-0.39, 0.29) is 11.7 Å². The summed E-state index contributed by atoms with van der Waals surface area (Å²) in [5.41, 5.74) is 3.53. The Kier molecular flexibility index (Phi) is 7.25. The number of benzene rings is 2. The molecule has 1 atom stereocenters. The molecule has 2 aromatic carbocycles. The summed E-state index contributed by atoms with van der Waals surface area (Å²) in [4.78, 5) is 21.6. The summed E-state index contributed by atoms with van der Waals surface area (Å²) in [6, 6.07) is 12.8. The Balaban J connectivity index is 0.000000384. The van der Waals surface area contributed by atoms with Crippen molar-refractivity contribution in [3.8, 4) is 11.5 Å². The number of hydrogen-bond donors (Lipinski definition) is 4. The first-order valence-electron chi connectivity index (χ1n) is 10.3. The molecule has 4 N–H and O–H groups in total. The molecular weight excluding hydrogens is 524 g/mol. The number of anilines is 1. The fourth-order valence-corrected chi connectivity index (χ4v) is 4.10. The minimum atomic E-state index is -5.08. The normalized spacial score (nSPS) is 16.8. The number of aromatic amines is 1. The molecular formula is C23H17Cl2F3N4O4. The number of halogens is 5. The molecule has 1 aromatic heterocycles. The van der Waals surface area contributed by atoms with E-state index in [2.05, 4.69) is 20.8 Å². The molecule has 0 saturated carbocycles. The van der Waals surface area contributed by atoms with E-state index in [4.69, 9.17) is 37.8 Å². The van der Waals surface area contributed by atoms with Crippen molar-refractivity contribution in [2.75, 3.05) is 18.4 Å². The third-order valence-corrected chi connectivity index (χ3v) is 6.06. The molecule has 3 aromatic rings. The molecule has 0 radical (unpaired) electrons. The standard InChI is InChI=1S/C21H16Cl2N4O2.C2HF3O2/c22-15-5-4-13(7-16(15)23)29-12-3-1-2-11(6-12)19-14-8-25-27-21(14)26-17-9-24-10-18(28)20(17)19;3-2(4,5)1(6)7/h1-8,19,24H,9-10H2,(H2,25,26,27);(H,6,7). The van der Waals surface area contributed by atoms with E-state index in [0.717, 1.165) is 28.2 Å². The lowest BCUT2D eigenvalue weighted by Crippen LogP contribution is -2.39. The van der Waals surface area contributed by atoms with Crippen molar-refractivity contribution in [1.82, 2.24) is 15.5 Å². The molecule has 8 nitrogen and oxygen atoms in total. The summed E-state index contributed by atoms with van der Waals surface area (Å²) in [6.07, 6.45) is -3.32. The molecule has 0 spiro atoms. The van der Waals surface area contributed by atoms with Crippen LogP contribution in [0.5, 0.6) is 11.5 Å². The lowest BCUT2D eigenvalue weighted by atomic mass is 9.79. The van der Waals surface area contributed by atoms with Gasteiger partial charge in [0.1, 0.15) is 17.3 Å². The number of ketones is 1. The zero-order chi connectivity index (χ0) is 26.0. The van der Waals surface area contributed by atoms with E-state index in [0.29, 0.717) is 34.6 Å². The van der Waals surface area contributed by atoms with Crippen molar-refractivity contribution in [3.63, 3.8) is 0 Å². The average Bonchev–Trinajstić information content (AvgIpc) is 3.28. The van der Waals surface area contributed by atoms with Gasteiger partial charge in [-0.3, -0.25) is 9.89 Å². The predicted octanol–water partition coefficient (Wildman–Crippen LogP) is 5.13. The molecule has 188 valence electrons. The van der Waals surface area contributed by atoms with Crippen LogP contribution in [0.4, 0.5) is 19.0 Å². The van der Waals surface area contributed by atoms with E-state index in [1.165, 1.54) is 0 Å². The largest absolute Gasteiger partial charge is 0.490 e. The van der Waals surface area contributed by atoms with Crippen molar-refractivity contribution in [3.05, 3.63) is 81.1 Å². The Labute approximate surface area is 212 Å². The highest BCUT2D eigenvalue weighted by atomic mass is 35.5. The molecule has 0 saturated heterocycles. The number of ether oxygens (including phenoxy) is 1. The number of fused-ring (bicyclic) bond motifs is 1. The molecule has 3 heterocycles. The van der Waals surface area contributed by atoms with Crippen LogP contribution in [0, 0.1) is 0 Å². The summed E-state index contributed by atoms with van der Waals surface area (Å²) in [6.45, 7) is 0.930. The molecule has 1 unspecified atom stereocenters. The van der Waals surface area contributed by atoms with E-state index >= 15 is 0 Å². The van der Waals surface area contributed by atoms with Gasteiger partial charge in [-0.05, 0) is 29.8 Å². The highest BCUT2D eigenvalue weighted by molar-refractivity contribution is 6.42. The van der Waals surface area contributed by atoms with E-state index in [1.54, 1.807) is 24.4 Å². The van der Waals surface area contributed by atoms with E-state index in [1.807, 2.05) is 24.3 Å². The number of carbonyl (C=O) groups is 2. The molecule has 2 aliphatic rings. The summed E-state index contributed by atoms with van der Waals surface area (Å²) < 4.78 is 37.7. The van der Waals surface area contributed by atoms with Crippen LogP contribution in [0.1, 0.15) is 17.0 Å². The van der Waals surface area contributed by atoms with Gasteiger partial charge in [0.05, 0.1) is 22.8 Å². The number of nitrogens with one attached hydrogen (secondary N) is 3. The molecule has 5 rings (SSSR count). The van der Waals surface area contributed by atoms with Crippen molar-refractivity contribution >= 4 is 40.8 Å². The smallest absolute Gasteiger partial charge is 0.475 e. The Morgan fingerprint density at radius 1 is 1.08 bits per heavy atom. The maximum Gasteiger partial charge on any atom is 0.490 e. The molecule has 2 aliphatic heterocycles. The molecule has 0 aliphatic carbocycles. The highest BCUT2D eigenvalue weighted by Crippen LogP contribution is 2.42. The summed E-state index contributed by atoms with van der Waals surface area (Å²) in [7, 11) is 0. The summed E-state index contributed by atoms with van der Waals surface area (Å²) >= 11 is 12.1. The number of aromatic nitrogens is 2. The third kappa shape index (κ3) is 5.48. The van der Waals surface area contributed by atoms with Gasteiger partial charge in [0.25, 0.3) is 0 Å². The molecule has 0 amide bonds. The monoisotopic (exact) mass is 540 g/mol. The second-order valence-corrected chi connectivity index (χ2v) is 8.55. The van der Waals surface area contributed by atoms with Gasteiger partial charge in [-0.2, -0.15) is 18.3 Å². The van der Waals surface area contributed by atoms with Gasteiger partial charge in [-0.15, -0.1) is 0 Å². The average molecular weight is 541 g/mol. The first-order chi connectivity index (χ1) is 17.0. The van der Waals surface area contributed by atoms with Crippen LogP contribution >= 0.6 is 23.2 Å². The maximum absolute atomic E-state index is 12.7. The lowest BCUT2D eigenvalue weighted by Gasteiger charge is -2.32. The second-order valence-electron chi connectivity index (χ2n) is 7.73. The molecule has 36 heavy (non-hydrogen) atoms. The van der Waals surface area contributed by atoms with Crippen LogP contribution in [0.25, 0.3) is 0 Å². The first kappa shape index (κ1) is 25.5. The Morgan fingerprint density at radius 3 is 2.50 bits per heavy atom. The Morgan fingerprint density at radius 2 is 1.81 bits per heavy atom. The van der Waals surface area contributed by atoms with Crippen molar-refractivity contribution in [2.45, 2.75) is 12.1 Å². The topological polar surface area (TPSA) is 116 Å². The minimum absolute atomic E-state index is 0.0754. The maximum atomic E-state index is 12.7. The number of rotatable bonds is 3. The minimum Gasteiger partial charge on any atom is -0.475 e. The fourth-order valence-electron chi connectivity index (χ4n) is 3.81. The number of hydrogen-bond acceptors (Lipinski definition) is 6. The Hall–Kier alpha value is -3.54. The van der Waals surface area contributed by atoms with Gasteiger partial charge < -0.3 is 20.5 Å². The van der Waals surface area contributed by atoms with Crippen LogP contribution in [-0.2, 0) is 9.59 Å². The summed E-state index contributed by atoms with van der Waals surface area (Å²) in [5.74, 6) is -0.858. The van der Waals surface area contributed by atoms with Crippen LogP contribution in [0.3, 0.4) is 0 Å². The van der Waals surface area contributed by atoms with Crippen LogP contribution in [-0.4, -0.2) is 46.3 Å². The van der Waals surface area contributed by atoms with E-state index < -0.39 is 12.1 Å². The first-order valence-corrected chi connectivity index (χ1v) is 11.1. The predicted molar refractivity (Wildman–Crippen MR) is 126 cm³/mol. The van der Waals surface area contributed by atoms with Gasteiger partial charge in [0.15, 0.2) is 5.78 Å². The number of carboxylic acid groups (broad SMARTS) is 1. The zero-order valence-electron chi connectivity index (χ0n) is 18.1. The number of carboxylic acids is 1. The van der Waals surface area contributed by atoms with Crippen LogP contribution in [0.15, 0.2) is 59.9 Å². The van der Waals surface area contributed by atoms with E-state index in [9.17, 15) is 18.0 Å². The fraction of sp³-hybridized carbons (Fsp3) is 0.174. The number of Topliss-reactive ketones (excluding diaryl/α,β-unsaturated/α-hetero) is 1. The SMILES string of the molecule is O=C(O)C(F)(F)F.O=C1CNCC2=C1C(c1cccc(Oc3ccc(Cl)c(Cl)c3)c1)c1cn[nH]c1N2. The number of aliphatic carboxylic acids is 1. The zero-order valence-corrected chi connectivity index (χ0v) is 19.6. The number of nitrogens with zero attached hydrogens (tertiary/aromatic N) is 1. The van der Waals surface area contributed by atoms with Gasteiger partial charge >= 0.3 is 12.1 Å².